The number of amides is 2. The van der Waals surface area contributed by atoms with E-state index in [0.29, 0.717) is 12.1 Å². The molecular formula is C19H10Cl2F4N2O3. The van der Waals surface area contributed by atoms with Crippen LogP contribution in [0, 0.1) is 5.82 Å². The van der Waals surface area contributed by atoms with Gasteiger partial charge in [-0.05, 0) is 42.5 Å². The van der Waals surface area contributed by atoms with Crippen LogP contribution in [0.15, 0.2) is 53.1 Å². The van der Waals surface area contributed by atoms with Gasteiger partial charge >= 0.3 is 6.18 Å². The first kappa shape index (κ1) is 21.7. The number of anilines is 2. The molecule has 0 radical (unpaired) electrons. The molecule has 0 fully saturated rings. The topological polar surface area (TPSA) is 71.3 Å². The molecule has 0 saturated carbocycles. The number of carbonyl (C=O) groups is 2. The molecule has 11 heteroatoms. The Kier molecular flexibility index (Phi) is 6.04. The van der Waals surface area contributed by atoms with E-state index in [1.54, 1.807) is 0 Å². The number of rotatable bonds is 4. The van der Waals surface area contributed by atoms with Crippen molar-refractivity contribution in [3.05, 3.63) is 81.5 Å². The second kappa shape index (κ2) is 8.37. The van der Waals surface area contributed by atoms with Crippen LogP contribution in [-0.2, 0) is 6.18 Å². The SMILES string of the molecule is O=C(Nc1ccc(NC(=O)c2cc(F)c(Cl)cc2Cl)c(C(F)(F)F)c1)c1ccco1. The molecule has 0 bridgehead atoms. The van der Waals surface area contributed by atoms with Crippen molar-refractivity contribution in [2.45, 2.75) is 6.18 Å². The van der Waals surface area contributed by atoms with Crippen LogP contribution < -0.4 is 10.6 Å². The van der Waals surface area contributed by atoms with Crippen LogP contribution in [0.25, 0.3) is 0 Å². The van der Waals surface area contributed by atoms with E-state index in [2.05, 4.69) is 5.32 Å². The Morgan fingerprint density at radius 2 is 1.67 bits per heavy atom. The number of halogens is 6. The maximum Gasteiger partial charge on any atom is 0.418 e. The smallest absolute Gasteiger partial charge is 0.418 e. The van der Waals surface area contributed by atoms with E-state index in [4.69, 9.17) is 27.6 Å². The van der Waals surface area contributed by atoms with Crippen LogP contribution in [0.4, 0.5) is 28.9 Å². The molecule has 2 amide bonds. The molecule has 1 aromatic heterocycles. The van der Waals surface area contributed by atoms with Gasteiger partial charge in [-0.3, -0.25) is 9.59 Å². The first-order valence-corrected chi connectivity index (χ1v) is 8.84. The van der Waals surface area contributed by atoms with Gasteiger partial charge in [-0.1, -0.05) is 23.2 Å². The highest BCUT2D eigenvalue weighted by molar-refractivity contribution is 6.37. The number of carbonyl (C=O) groups excluding carboxylic acids is 2. The molecule has 156 valence electrons. The Hall–Kier alpha value is -3.04. The first-order valence-electron chi connectivity index (χ1n) is 8.08. The quantitative estimate of drug-likeness (QED) is 0.357. The summed E-state index contributed by atoms with van der Waals surface area (Å²) in [5, 5.41) is 3.72. The molecule has 2 N–H and O–H groups in total. The van der Waals surface area contributed by atoms with Crippen LogP contribution in [0.2, 0.25) is 10.0 Å². The molecule has 0 aliphatic carbocycles. The summed E-state index contributed by atoms with van der Waals surface area (Å²) in [5.41, 5.74) is -2.44. The summed E-state index contributed by atoms with van der Waals surface area (Å²) in [5.74, 6) is -2.89. The minimum atomic E-state index is -4.87. The summed E-state index contributed by atoms with van der Waals surface area (Å²) in [7, 11) is 0. The van der Waals surface area contributed by atoms with Gasteiger partial charge in [0, 0.05) is 5.69 Å². The third kappa shape index (κ3) is 4.74. The molecular weight excluding hydrogens is 451 g/mol. The standard InChI is InChI=1S/C19H10Cl2F4N2O3/c20-12-8-13(21)14(22)7-10(12)17(28)27-15-4-3-9(6-11(15)19(23,24)25)26-18(29)16-2-1-5-30-16/h1-8H,(H,26,29)(H,27,28). The van der Waals surface area contributed by atoms with Gasteiger partial charge in [-0.15, -0.1) is 0 Å². The zero-order chi connectivity index (χ0) is 22.1. The zero-order valence-electron chi connectivity index (χ0n) is 14.6. The lowest BCUT2D eigenvalue weighted by molar-refractivity contribution is -0.136. The molecule has 3 rings (SSSR count). The average Bonchev–Trinajstić information content (AvgIpc) is 3.20. The van der Waals surface area contributed by atoms with Crippen molar-refractivity contribution >= 4 is 46.4 Å². The summed E-state index contributed by atoms with van der Waals surface area (Å²) >= 11 is 11.4. The predicted molar refractivity (Wildman–Crippen MR) is 102 cm³/mol. The summed E-state index contributed by atoms with van der Waals surface area (Å²) in [4.78, 5) is 24.3. The number of hydrogen-bond acceptors (Lipinski definition) is 3. The molecule has 0 saturated heterocycles. The zero-order valence-corrected chi connectivity index (χ0v) is 16.1. The molecule has 0 unspecified atom stereocenters. The van der Waals surface area contributed by atoms with Crippen molar-refractivity contribution < 1.29 is 31.6 Å². The summed E-state index contributed by atoms with van der Waals surface area (Å²) in [6, 6.07) is 7.19. The fourth-order valence-electron chi connectivity index (χ4n) is 2.45. The van der Waals surface area contributed by atoms with Crippen LogP contribution in [0.1, 0.15) is 26.5 Å². The molecule has 0 spiro atoms. The van der Waals surface area contributed by atoms with E-state index in [0.717, 1.165) is 18.2 Å². The monoisotopic (exact) mass is 460 g/mol. The van der Waals surface area contributed by atoms with Crippen LogP contribution in [0.3, 0.4) is 0 Å². The second-order valence-electron chi connectivity index (χ2n) is 5.89. The lowest BCUT2D eigenvalue weighted by atomic mass is 10.1. The van der Waals surface area contributed by atoms with Gasteiger partial charge < -0.3 is 15.1 Å². The van der Waals surface area contributed by atoms with Gasteiger partial charge in [-0.2, -0.15) is 13.2 Å². The van der Waals surface area contributed by atoms with Gasteiger partial charge in [0.25, 0.3) is 11.8 Å². The van der Waals surface area contributed by atoms with E-state index in [1.807, 2.05) is 5.32 Å². The highest BCUT2D eigenvalue weighted by Gasteiger charge is 2.34. The Balaban J connectivity index is 1.90. The largest absolute Gasteiger partial charge is 0.459 e. The van der Waals surface area contributed by atoms with Crippen molar-refractivity contribution in [3.8, 4) is 0 Å². The molecule has 0 aliphatic heterocycles. The Bertz CT molecular complexity index is 1120. The summed E-state index contributed by atoms with van der Waals surface area (Å²) in [6.07, 6.45) is -3.64. The number of benzene rings is 2. The van der Waals surface area contributed by atoms with Gasteiger partial charge in [-0.25, -0.2) is 4.39 Å². The lowest BCUT2D eigenvalue weighted by Gasteiger charge is -2.16. The molecule has 0 aliphatic rings. The highest BCUT2D eigenvalue weighted by atomic mass is 35.5. The minimum absolute atomic E-state index is 0.0969. The molecule has 3 aromatic rings. The van der Waals surface area contributed by atoms with Gasteiger partial charge in [0.2, 0.25) is 0 Å². The lowest BCUT2D eigenvalue weighted by Crippen LogP contribution is -2.18. The first-order chi connectivity index (χ1) is 14.1. The maximum absolute atomic E-state index is 13.6. The Morgan fingerprint density at radius 1 is 0.933 bits per heavy atom. The van der Waals surface area contributed by atoms with Gasteiger partial charge in [0.15, 0.2) is 5.76 Å². The fraction of sp³-hybridized carbons (Fsp3) is 0.0526. The molecule has 2 aromatic carbocycles. The van der Waals surface area contributed by atoms with Crippen LogP contribution in [0.5, 0.6) is 0 Å². The number of alkyl halides is 3. The van der Waals surface area contributed by atoms with Crippen LogP contribution >= 0.6 is 23.2 Å². The Morgan fingerprint density at radius 3 is 2.30 bits per heavy atom. The average molecular weight is 461 g/mol. The minimum Gasteiger partial charge on any atom is -0.459 e. The predicted octanol–water partition coefficient (Wildman–Crippen LogP) is 6.25. The van der Waals surface area contributed by atoms with Crippen molar-refractivity contribution in [2.24, 2.45) is 0 Å². The number of nitrogens with one attached hydrogen (secondary N) is 2. The molecule has 5 nitrogen and oxygen atoms in total. The van der Waals surface area contributed by atoms with Gasteiger partial charge in [0.1, 0.15) is 5.82 Å². The Labute approximate surface area is 176 Å². The highest BCUT2D eigenvalue weighted by Crippen LogP contribution is 2.37. The van der Waals surface area contributed by atoms with E-state index in [9.17, 15) is 27.2 Å². The van der Waals surface area contributed by atoms with Gasteiger partial charge in [0.05, 0.1) is 33.1 Å². The molecule has 30 heavy (non-hydrogen) atoms. The van der Waals surface area contributed by atoms with Crippen molar-refractivity contribution in [1.82, 2.24) is 0 Å². The number of furan rings is 1. The normalized spacial score (nSPS) is 11.3. The fourth-order valence-corrected chi connectivity index (χ4v) is 2.92. The number of hydrogen-bond donors (Lipinski definition) is 2. The molecule has 1 heterocycles. The van der Waals surface area contributed by atoms with E-state index in [-0.39, 0.29) is 21.5 Å². The maximum atomic E-state index is 13.6. The third-order valence-electron chi connectivity index (χ3n) is 3.83. The van der Waals surface area contributed by atoms with Crippen LogP contribution in [-0.4, -0.2) is 11.8 Å². The van der Waals surface area contributed by atoms with Crippen molar-refractivity contribution in [2.75, 3.05) is 10.6 Å². The summed E-state index contributed by atoms with van der Waals surface area (Å²) in [6.45, 7) is 0. The van der Waals surface area contributed by atoms with Crippen molar-refractivity contribution in [3.63, 3.8) is 0 Å². The third-order valence-corrected chi connectivity index (χ3v) is 4.43. The van der Waals surface area contributed by atoms with E-state index in [1.165, 1.54) is 18.4 Å². The van der Waals surface area contributed by atoms with E-state index >= 15 is 0 Å². The summed E-state index contributed by atoms with van der Waals surface area (Å²) < 4.78 is 59.0. The van der Waals surface area contributed by atoms with E-state index < -0.39 is 40.6 Å². The molecule has 0 atom stereocenters. The van der Waals surface area contributed by atoms with Crippen molar-refractivity contribution in [1.29, 1.82) is 0 Å². The second-order valence-corrected chi connectivity index (χ2v) is 6.70.